The molecule has 0 fully saturated rings. The topological polar surface area (TPSA) is 89.5 Å². The van der Waals surface area contributed by atoms with Gasteiger partial charge in [0.1, 0.15) is 0 Å². The van der Waals surface area contributed by atoms with Gasteiger partial charge in [0.05, 0.1) is 16.2 Å². The largest absolute Gasteiger partial charge is 0.449 e. The summed E-state index contributed by atoms with van der Waals surface area (Å²) in [5, 5.41) is 2.70. The van der Waals surface area contributed by atoms with E-state index >= 15 is 0 Å². The molecule has 128 valence electrons. The molecule has 0 radical (unpaired) electrons. The normalized spacial score (nSPS) is 13.3. The van der Waals surface area contributed by atoms with Gasteiger partial charge < -0.3 is 10.1 Å². The zero-order valence-corrected chi connectivity index (χ0v) is 14.9. The van der Waals surface area contributed by atoms with Gasteiger partial charge in [-0.2, -0.15) is 0 Å². The van der Waals surface area contributed by atoms with Crippen molar-refractivity contribution in [3.8, 4) is 0 Å². The number of carbonyl (C=O) groups is 2. The van der Waals surface area contributed by atoms with Crippen LogP contribution in [0, 0.1) is 0 Å². The van der Waals surface area contributed by atoms with Crippen molar-refractivity contribution in [3.63, 3.8) is 0 Å². The molecule has 0 aromatic heterocycles. The molecular formula is C16H23NO5S. The van der Waals surface area contributed by atoms with Gasteiger partial charge in [0.15, 0.2) is 15.9 Å². The molecule has 1 rings (SSSR count). The van der Waals surface area contributed by atoms with Crippen molar-refractivity contribution < 1.29 is 22.7 Å². The van der Waals surface area contributed by atoms with E-state index in [1.807, 2.05) is 20.8 Å². The molecule has 1 amide bonds. The molecular weight excluding hydrogens is 318 g/mol. The molecule has 1 aromatic rings. The SMILES string of the molecule is CCS(=O)(=O)c1ccccc1C(=O)O[C@H](C)C(=O)NC(C)(C)C. The first kappa shape index (κ1) is 19.2. The Morgan fingerprint density at radius 3 is 2.30 bits per heavy atom. The van der Waals surface area contributed by atoms with E-state index in [0.29, 0.717) is 0 Å². The minimum atomic E-state index is -3.56. The van der Waals surface area contributed by atoms with Gasteiger partial charge in [-0.25, -0.2) is 13.2 Å². The summed E-state index contributed by atoms with van der Waals surface area (Å²) in [6.45, 7) is 8.36. The summed E-state index contributed by atoms with van der Waals surface area (Å²) < 4.78 is 29.2. The standard InChI is InChI=1S/C16H23NO5S/c1-6-23(20,21)13-10-8-7-9-12(13)15(19)22-11(2)14(18)17-16(3,4)5/h7-11H,6H2,1-5H3,(H,17,18)/t11-/m1/s1. The number of hydrogen-bond donors (Lipinski definition) is 1. The number of esters is 1. The lowest BCUT2D eigenvalue weighted by atomic mass is 10.1. The lowest BCUT2D eigenvalue weighted by Crippen LogP contribution is -2.46. The molecule has 0 bridgehead atoms. The fourth-order valence-electron chi connectivity index (χ4n) is 1.81. The maximum absolute atomic E-state index is 12.2. The maximum Gasteiger partial charge on any atom is 0.340 e. The molecule has 0 saturated carbocycles. The van der Waals surface area contributed by atoms with Gasteiger partial charge in [0.2, 0.25) is 0 Å². The highest BCUT2D eigenvalue weighted by Gasteiger charge is 2.26. The van der Waals surface area contributed by atoms with E-state index in [1.54, 1.807) is 6.07 Å². The number of amides is 1. The third kappa shape index (κ3) is 5.35. The summed E-state index contributed by atoms with van der Waals surface area (Å²) in [6, 6.07) is 5.81. The second-order valence-electron chi connectivity index (χ2n) is 6.19. The highest BCUT2D eigenvalue weighted by molar-refractivity contribution is 7.91. The Hall–Kier alpha value is -1.89. The lowest BCUT2D eigenvalue weighted by Gasteiger charge is -2.23. The van der Waals surface area contributed by atoms with Gasteiger partial charge in [0.25, 0.3) is 5.91 Å². The van der Waals surface area contributed by atoms with Crippen LogP contribution in [-0.2, 0) is 19.4 Å². The molecule has 7 heteroatoms. The minimum Gasteiger partial charge on any atom is -0.449 e. The van der Waals surface area contributed by atoms with Crippen LogP contribution in [0.15, 0.2) is 29.2 Å². The van der Waals surface area contributed by atoms with E-state index in [-0.39, 0.29) is 16.2 Å². The number of rotatable bonds is 5. The summed E-state index contributed by atoms with van der Waals surface area (Å²) in [7, 11) is -3.56. The Morgan fingerprint density at radius 2 is 1.78 bits per heavy atom. The van der Waals surface area contributed by atoms with Crippen molar-refractivity contribution in [1.29, 1.82) is 0 Å². The van der Waals surface area contributed by atoms with Crippen LogP contribution in [0.5, 0.6) is 0 Å². The fourth-order valence-corrected chi connectivity index (χ4v) is 2.89. The van der Waals surface area contributed by atoms with Crippen LogP contribution in [0.3, 0.4) is 0 Å². The highest BCUT2D eigenvalue weighted by atomic mass is 32.2. The number of hydrogen-bond acceptors (Lipinski definition) is 5. The van der Waals surface area contributed by atoms with E-state index in [9.17, 15) is 18.0 Å². The molecule has 6 nitrogen and oxygen atoms in total. The van der Waals surface area contributed by atoms with Gasteiger partial charge in [-0.05, 0) is 39.8 Å². The monoisotopic (exact) mass is 341 g/mol. The summed E-state index contributed by atoms with van der Waals surface area (Å²) >= 11 is 0. The zero-order valence-electron chi connectivity index (χ0n) is 14.0. The molecule has 1 atom stereocenters. The third-order valence-electron chi connectivity index (χ3n) is 2.97. The minimum absolute atomic E-state index is 0.0650. The van der Waals surface area contributed by atoms with Crippen molar-refractivity contribution in [1.82, 2.24) is 5.32 Å². The quantitative estimate of drug-likeness (QED) is 0.827. The Bertz CT molecular complexity index is 689. The van der Waals surface area contributed by atoms with E-state index < -0.39 is 33.4 Å². The van der Waals surface area contributed by atoms with Gasteiger partial charge in [0, 0.05) is 5.54 Å². The maximum atomic E-state index is 12.2. The van der Waals surface area contributed by atoms with Crippen LogP contribution in [0.25, 0.3) is 0 Å². The van der Waals surface area contributed by atoms with E-state index in [0.717, 1.165) is 0 Å². The number of nitrogens with one attached hydrogen (secondary N) is 1. The van der Waals surface area contributed by atoms with E-state index in [2.05, 4.69) is 5.32 Å². The summed E-state index contributed by atoms with van der Waals surface area (Å²) in [5.74, 6) is -1.41. The first-order valence-corrected chi connectivity index (χ1v) is 8.98. The van der Waals surface area contributed by atoms with E-state index in [1.165, 1.54) is 32.0 Å². The number of benzene rings is 1. The van der Waals surface area contributed by atoms with Crippen LogP contribution in [0.2, 0.25) is 0 Å². The second kappa shape index (κ2) is 7.12. The second-order valence-corrected chi connectivity index (χ2v) is 8.43. The number of ether oxygens (including phenoxy) is 1. The molecule has 0 saturated heterocycles. The molecule has 23 heavy (non-hydrogen) atoms. The zero-order chi connectivity index (χ0) is 17.8. The average molecular weight is 341 g/mol. The molecule has 0 unspecified atom stereocenters. The lowest BCUT2D eigenvalue weighted by molar-refractivity contribution is -0.130. The van der Waals surface area contributed by atoms with Crippen molar-refractivity contribution in [2.75, 3.05) is 5.75 Å². The predicted octanol–water partition coefficient (Wildman–Crippen LogP) is 1.94. The summed E-state index contributed by atoms with van der Waals surface area (Å²) in [4.78, 5) is 24.1. The Labute approximate surface area is 137 Å². The Morgan fingerprint density at radius 1 is 1.22 bits per heavy atom. The number of sulfone groups is 1. The first-order valence-electron chi connectivity index (χ1n) is 7.32. The van der Waals surface area contributed by atoms with Crippen LogP contribution >= 0.6 is 0 Å². The van der Waals surface area contributed by atoms with E-state index in [4.69, 9.17) is 4.74 Å². The van der Waals surface area contributed by atoms with Crippen LogP contribution < -0.4 is 5.32 Å². The Balaban J connectivity index is 2.98. The smallest absolute Gasteiger partial charge is 0.340 e. The molecule has 0 heterocycles. The first-order chi connectivity index (χ1) is 10.5. The Kier molecular flexibility index (Phi) is 5.93. The van der Waals surface area contributed by atoms with Crippen LogP contribution in [-0.4, -0.2) is 37.7 Å². The number of carbonyl (C=O) groups excluding carboxylic acids is 2. The van der Waals surface area contributed by atoms with Gasteiger partial charge >= 0.3 is 5.97 Å². The van der Waals surface area contributed by atoms with Gasteiger partial charge in [-0.1, -0.05) is 19.1 Å². The van der Waals surface area contributed by atoms with Crippen molar-refractivity contribution in [3.05, 3.63) is 29.8 Å². The van der Waals surface area contributed by atoms with Gasteiger partial charge in [-0.15, -0.1) is 0 Å². The fraction of sp³-hybridized carbons (Fsp3) is 0.500. The van der Waals surface area contributed by atoms with Crippen molar-refractivity contribution >= 4 is 21.7 Å². The molecule has 0 aliphatic heterocycles. The summed E-state index contributed by atoms with van der Waals surface area (Å²) in [5.41, 5.74) is -0.522. The predicted molar refractivity (Wildman–Crippen MR) is 86.9 cm³/mol. The average Bonchev–Trinajstić information content (AvgIpc) is 2.45. The molecule has 1 N–H and O–H groups in total. The van der Waals surface area contributed by atoms with Crippen molar-refractivity contribution in [2.24, 2.45) is 0 Å². The molecule has 0 aliphatic carbocycles. The molecule has 0 spiro atoms. The highest BCUT2D eigenvalue weighted by Crippen LogP contribution is 2.18. The van der Waals surface area contributed by atoms with Crippen LogP contribution in [0.1, 0.15) is 45.0 Å². The molecule has 0 aliphatic rings. The third-order valence-corrected chi connectivity index (χ3v) is 4.76. The summed E-state index contributed by atoms with van der Waals surface area (Å²) in [6.07, 6.45) is -1.03. The van der Waals surface area contributed by atoms with Crippen molar-refractivity contribution in [2.45, 2.75) is 51.2 Å². The molecule has 1 aromatic carbocycles. The van der Waals surface area contributed by atoms with Crippen LogP contribution in [0.4, 0.5) is 0 Å². The van der Waals surface area contributed by atoms with Gasteiger partial charge in [-0.3, -0.25) is 4.79 Å².